The van der Waals surface area contributed by atoms with E-state index in [0.29, 0.717) is 12.3 Å². The Morgan fingerprint density at radius 2 is 2.25 bits per heavy atom. The van der Waals surface area contributed by atoms with Gasteiger partial charge in [0.05, 0.1) is 6.61 Å². The number of piperazine rings is 1. The summed E-state index contributed by atoms with van der Waals surface area (Å²) in [6, 6.07) is 0.569. The molecule has 2 N–H and O–H groups in total. The first-order valence-electron chi connectivity index (χ1n) is 3.03. The van der Waals surface area contributed by atoms with E-state index in [1.54, 1.807) is 0 Å². The molecule has 0 amide bonds. The van der Waals surface area contributed by atoms with Crippen molar-refractivity contribution in [1.82, 2.24) is 10.6 Å². The third-order valence-electron chi connectivity index (χ3n) is 1.68. The van der Waals surface area contributed by atoms with E-state index in [9.17, 15) is 0 Å². The van der Waals surface area contributed by atoms with Gasteiger partial charge in [-0.25, -0.2) is 0 Å². The summed E-state index contributed by atoms with van der Waals surface area (Å²) in [6.45, 7) is 2.94. The van der Waals surface area contributed by atoms with Crippen LogP contribution in [0.2, 0.25) is 0 Å². The molecule has 2 unspecified atom stereocenters. The van der Waals surface area contributed by atoms with Crippen LogP contribution in [0.1, 0.15) is 0 Å². The molecule has 0 aliphatic carbocycles. The molecule has 2 bridgehead atoms. The van der Waals surface area contributed by atoms with E-state index in [4.69, 9.17) is 4.74 Å². The van der Waals surface area contributed by atoms with Crippen molar-refractivity contribution in [2.45, 2.75) is 12.3 Å². The molecule has 0 aromatic carbocycles. The lowest BCUT2D eigenvalue weighted by atomic mass is 10.2. The Hall–Kier alpha value is -0.120. The van der Waals surface area contributed by atoms with Crippen molar-refractivity contribution in [2.24, 2.45) is 0 Å². The predicted octanol–water partition coefficient (Wildman–Crippen LogP) is -1.10. The van der Waals surface area contributed by atoms with Gasteiger partial charge in [-0.1, -0.05) is 0 Å². The third-order valence-corrected chi connectivity index (χ3v) is 1.68. The summed E-state index contributed by atoms with van der Waals surface area (Å²) in [5, 5.41) is 6.56. The second-order valence-electron chi connectivity index (χ2n) is 2.34. The quantitative estimate of drug-likeness (QED) is 0.419. The average molecular weight is 114 g/mol. The number of nitrogens with one attached hydrogen (secondary N) is 2. The van der Waals surface area contributed by atoms with Crippen LogP contribution in [0.25, 0.3) is 0 Å². The Labute approximate surface area is 48.4 Å². The molecular formula is C5H10N2O. The first kappa shape index (κ1) is 4.73. The van der Waals surface area contributed by atoms with Gasteiger partial charge in [-0.05, 0) is 0 Å². The monoisotopic (exact) mass is 114 g/mol. The highest BCUT2D eigenvalue weighted by molar-refractivity contribution is 4.83. The molecule has 3 nitrogen and oxygen atoms in total. The molecule has 0 spiro atoms. The van der Waals surface area contributed by atoms with Crippen molar-refractivity contribution in [2.75, 3.05) is 19.7 Å². The molecule has 0 aromatic heterocycles. The maximum absolute atomic E-state index is 5.30. The minimum Gasteiger partial charge on any atom is -0.360 e. The first-order valence-corrected chi connectivity index (χ1v) is 3.03. The fourth-order valence-electron chi connectivity index (χ4n) is 1.16. The minimum atomic E-state index is 0.292. The number of rotatable bonds is 0. The Bertz CT molecular complexity index is 65.4. The predicted molar refractivity (Wildman–Crippen MR) is 29.5 cm³/mol. The van der Waals surface area contributed by atoms with Crippen LogP contribution in [0, 0.1) is 0 Å². The minimum absolute atomic E-state index is 0.292. The van der Waals surface area contributed by atoms with Crippen LogP contribution in [-0.2, 0) is 4.74 Å². The molecule has 0 aromatic rings. The van der Waals surface area contributed by atoms with Gasteiger partial charge in [0.15, 0.2) is 0 Å². The van der Waals surface area contributed by atoms with Gasteiger partial charge in [-0.2, -0.15) is 0 Å². The molecule has 3 heteroatoms. The number of fused-ring (bicyclic) bond motifs is 3. The molecule has 3 rings (SSSR count). The van der Waals surface area contributed by atoms with Crippen LogP contribution in [0.3, 0.4) is 0 Å². The molecule has 0 radical (unpaired) electrons. The van der Waals surface area contributed by atoms with Crippen molar-refractivity contribution in [1.29, 1.82) is 0 Å². The van der Waals surface area contributed by atoms with Crippen LogP contribution in [-0.4, -0.2) is 32.0 Å². The van der Waals surface area contributed by atoms with E-state index in [1.165, 1.54) is 0 Å². The molecule has 2 atom stereocenters. The Morgan fingerprint density at radius 1 is 1.25 bits per heavy atom. The van der Waals surface area contributed by atoms with Crippen LogP contribution >= 0.6 is 0 Å². The SMILES string of the molecule is C1NC2CNC1CO2. The van der Waals surface area contributed by atoms with E-state index >= 15 is 0 Å². The normalized spacial score (nSPS) is 45.0. The van der Waals surface area contributed by atoms with Crippen LogP contribution in [0.15, 0.2) is 0 Å². The van der Waals surface area contributed by atoms with Crippen molar-refractivity contribution < 1.29 is 4.74 Å². The summed E-state index contributed by atoms with van der Waals surface area (Å²) in [5.74, 6) is 0. The van der Waals surface area contributed by atoms with Crippen molar-refractivity contribution in [3.8, 4) is 0 Å². The molecular weight excluding hydrogens is 104 g/mol. The van der Waals surface area contributed by atoms with E-state index in [2.05, 4.69) is 10.6 Å². The maximum Gasteiger partial charge on any atom is 0.120 e. The second-order valence-corrected chi connectivity index (χ2v) is 2.34. The summed E-state index contributed by atoms with van der Waals surface area (Å²) in [6.07, 6.45) is 0.292. The van der Waals surface area contributed by atoms with Gasteiger partial charge in [0.25, 0.3) is 0 Å². The van der Waals surface area contributed by atoms with Gasteiger partial charge in [-0.15, -0.1) is 0 Å². The molecule has 0 saturated carbocycles. The van der Waals surface area contributed by atoms with Gasteiger partial charge in [0.2, 0.25) is 0 Å². The Balaban J connectivity index is 2.03. The number of morpholine rings is 1. The van der Waals surface area contributed by atoms with E-state index in [-0.39, 0.29) is 0 Å². The summed E-state index contributed by atoms with van der Waals surface area (Å²) in [7, 11) is 0. The lowest BCUT2D eigenvalue weighted by molar-refractivity contribution is -0.0504. The first-order chi connectivity index (χ1) is 3.95. The molecule has 46 valence electrons. The highest BCUT2D eigenvalue weighted by atomic mass is 16.5. The lowest BCUT2D eigenvalue weighted by Gasteiger charge is -2.37. The Morgan fingerprint density at radius 3 is 2.38 bits per heavy atom. The highest BCUT2D eigenvalue weighted by Gasteiger charge is 2.26. The number of hydrogen-bond donors (Lipinski definition) is 2. The molecule has 3 fully saturated rings. The second kappa shape index (κ2) is 1.69. The molecule has 3 aliphatic heterocycles. The third kappa shape index (κ3) is 0.632. The van der Waals surface area contributed by atoms with Crippen molar-refractivity contribution in [3.05, 3.63) is 0 Å². The Kier molecular flexibility index (Phi) is 0.997. The van der Waals surface area contributed by atoms with Gasteiger partial charge in [-0.3, -0.25) is 5.32 Å². The average Bonchev–Trinajstić information content (AvgIpc) is 1.92. The smallest absolute Gasteiger partial charge is 0.120 e. The summed E-state index contributed by atoms with van der Waals surface area (Å²) in [4.78, 5) is 0. The van der Waals surface area contributed by atoms with E-state index in [1.807, 2.05) is 0 Å². The van der Waals surface area contributed by atoms with E-state index in [0.717, 1.165) is 19.7 Å². The van der Waals surface area contributed by atoms with Gasteiger partial charge >= 0.3 is 0 Å². The van der Waals surface area contributed by atoms with Crippen LogP contribution in [0.5, 0.6) is 0 Å². The highest BCUT2D eigenvalue weighted by Crippen LogP contribution is 2.03. The topological polar surface area (TPSA) is 33.3 Å². The number of hydrogen-bond acceptors (Lipinski definition) is 3. The maximum atomic E-state index is 5.30. The standard InChI is InChI=1S/C5H10N2O/c1-4-3-8-5(7-1)2-6-4/h4-7H,1-3H2. The van der Waals surface area contributed by atoms with Crippen molar-refractivity contribution in [3.63, 3.8) is 0 Å². The molecule has 8 heavy (non-hydrogen) atoms. The van der Waals surface area contributed by atoms with E-state index < -0.39 is 0 Å². The lowest BCUT2D eigenvalue weighted by Crippen LogP contribution is -2.62. The zero-order chi connectivity index (χ0) is 5.40. The fraction of sp³-hybridized carbons (Fsp3) is 1.00. The van der Waals surface area contributed by atoms with Gasteiger partial charge in [0, 0.05) is 19.1 Å². The van der Waals surface area contributed by atoms with Crippen molar-refractivity contribution >= 4 is 0 Å². The van der Waals surface area contributed by atoms with Gasteiger partial charge < -0.3 is 10.1 Å². The zero-order valence-corrected chi connectivity index (χ0v) is 4.68. The summed E-state index contributed by atoms with van der Waals surface area (Å²) in [5.41, 5.74) is 0. The van der Waals surface area contributed by atoms with Crippen LogP contribution in [0.4, 0.5) is 0 Å². The zero-order valence-electron chi connectivity index (χ0n) is 4.68. The summed E-state index contributed by atoms with van der Waals surface area (Å²) < 4.78 is 5.30. The van der Waals surface area contributed by atoms with Crippen LogP contribution < -0.4 is 10.6 Å². The molecule has 3 aliphatic rings. The largest absolute Gasteiger partial charge is 0.360 e. The molecule has 3 heterocycles. The fourth-order valence-corrected chi connectivity index (χ4v) is 1.16. The van der Waals surface area contributed by atoms with Gasteiger partial charge in [0.1, 0.15) is 6.23 Å². The number of ether oxygens (including phenoxy) is 1. The summed E-state index contributed by atoms with van der Waals surface area (Å²) >= 11 is 0. The molecule has 3 saturated heterocycles.